The highest BCUT2D eigenvalue weighted by Crippen LogP contribution is 2.42. The van der Waals surface area contributed by atoms with Crippen molar-refractivity contribution in [3.05, 3.63) is 70.0 Å². The summed E-state index contributed by atoms with van der Waals surface area (Å²) in [6, 6.07) is 11.3. The molecular formula is C21H21FN2O5. The van der Waals surface area contributed by atoms with Crippen LogP contribution in [0.1, 0.15) is 38.2 Å². The number of esters is 1. The lowest BCUT2D eigenvalue weighted by Gasteiger charge is -2.28. The van der Waals surface area contributed by atoms with E-state index in [4.69, 9.17) is 4.74 Å². The highest BCUT2D eigenvalue weighted by molar-refractivity contribution is 5.96. The highest BCUT2D eigenvalue weighted by Gasteiger charge is 2.45. The Morgan fingerprint density at radius 2 is 1.83 bits per heavy atom. The first-order valence-electron chi connectivity index (χ1n) is 9.34. The number of nitrogens with one attached hydrogen (secondary N) is 1. The van der Waals surface area contributed by atoms with E-state index in [2.05, 4.69) is 5.32 Å². The molecule has 0 heterocycles. The van der Waals surface area contributed by atoms with Gasteiger partial charge < -0.3 is 10.1 Å². The van der Waals surface area contributed by atoms with E-state index in [1.807, 2.05) is 0 Å². The summed E-state index contributed by atoms with van der Waals surface area (Å²) in [6.07, 6.45) is 1.70. The molecule has 0 saturated heterocycles. The molecule has 0 unspecified atom stereocenters. The maximum Gasteiger partial charge on any atom is 0.317 e. The summed E-state index contributed by atoms with van der Waals surface area (Å²) >= 11 is 0. The number of carbonyl (C=O) groups is 2. The number of hydrogen-bond donors (Lipinski definition) is 1. The van der Waals surface area contributed by atoms with E-state index in [1.54, 1.807) is 12.1 Å². The molecule has 0 aromatic heterocycles. The van der Waals surface area contributed by atoms with Crippen LogP contribution in [-0.2, 0) is 19.7 Å². The van der Waals surface area contributed by atoms with Crippen molar-refractivity contribution in [1.29, 1.82) is 0 Å². The summed E-state index contributed by atoms with van der Waals surface area (Å²) in [7, 11) is 0. The Morgan fingerprint density at radius 1 is 1.17 bits per heavy atom. The predicted molar refractivity (Wildman–Crippen MR) is 104 cm³/mol. The predicted octanol–water partition coefficient (Wildman–Crippen LogP) is 4.12. The summed E-state index contributed by atoms with van der Waals surface area (Å²) in [5, 5.41) is 13.4. The molecule has 0 bridgehead atoms. The van der Waals surface area contributed by atoms with Crippen molar-refractivity contribution in [3.63, 3.8) is 0 Å². The summed E-state index contributed by atoms with van der Waals surface area (Å²) in [6.45, 7) is 1.44. The minimum Gasteiger partial charge on any atom is -0.452 e. The van der Waals surface area contributed by atoms with Crippen molar-refractivity contribution in [1.82, 2.24) is 0 Å². The van der Waals surface area contributed by atoms with Gasteiger partial charge in [0.15, 0.2) is 6.10 Å². The van der Waals surface area contributed by atoms with Gasteiger partial charge in [0.1, 0.15) is 5.82 Å². The average Bonchev–Trinajstić information content (AvgIpc) is 3.20. The first kappa shape index (κ1) is 20.4. The van der Waals surface area contributed by atoms with Crippen molar-refractivity contribution in [3.8, 4) is 0 Å². The number of nitro groups is 1. The third-order valence-electron chi connectivity index (χ3n) is 5.22. The molecule has 7 nitrogen and oxygen atoms in total. The molecule has 1 atom stereocenters. The zero-order valence-electron chi connectivity index (χ0n) is 15.9. The zero-order chi connectivity index (χ0) is 21.0. The van der Waals surface area contributed by atoms with Gasteiger partial charge in [0.05, 0.1) is 10.3 Å². The topological polar surface area (TPSA) is 98.5 Å². The van der Waals surface area contributed by atoms with Gasteiger partial charge in [-0.05, 0) is 43.5 Å². The average molecular weight is 400 g/mol. The quantitative estimate of drug-likeness (QED) is 0.447. The van der Waals surface area contributed by atoms with Gasteiger partial charge in [-0.2, -0.15) is 0 Å². The number of amides is 1. The van der Waals surface area contributed by atoms with Crippen molar-refractivity contribution in [2.24, 2.45) is 0 Å². The molecule has 1 saturated carbocycles. The second-order valence-electron chi connectivity index (χ2n) is 7.14. The van der Waals surface area contributed by atoms with Crippen LogP contribution in [-0.4, -0.2) is 22.9 Å². The monoisotopic (exact) mass is 400 g/mol. The molecule has 1 aliphatic rings. The summed E-state index contributed by atoms with van der Waals surface area (Å²) < 4.78 is 18.7. The van der Waals surface area contributed by atoms with E-state index in [1.165, 1.54) is 43.3 Å². The second kappa shape index (κ2) is 8.38. The largest absolute Gasteiger partial charge is 0.452 e. The minimum atomic E-state index is -1.10. The van der Waals surface area contributed by atoms with E-state index in [0.717, 1.165) is 12.8 Å². The standard InChI is InChI=1S/C21H21FN2O5/c1-14(19(25)23-17-5-4-6-18(13-17)24(27)28)29-20(26)21(11-2-3-12-21)15-7-9-16(22)10-8-15/h4-10,13-14H,2-3,11-12H2,1H3,(H,23,25)/t14-/m0/s1. The van der Waals surface area contributed by atoms with Gasteiger partial charge >= 0.3 is 5.97 Å². The highest BCUT2D eigenvalue weighted by atomic mass is 19.1. The molecular weight excluding hydrogens is 379 g/mol. The Balaban J connectivity index is 1.71. The molecule has 0 radical (unpaired) electrons. The summed E-state index contributed by atoms with van der Waals surface area (Å²) in [5.41, 5.74) is -0.143. The van der Waals surface area contributed by atoms with Crippen LogP contribution in [0.15, 0.2) is 48.5 Å². The van der Waals surface area contributed by atoms with Gasteiger partial charge in [0.2, 0.25) is 0 Å². The molecule has 0 spiro atoms. The smallest absolute Gasteiger partial charge is 0.317 e. The Kier molecular flexibility index (Phi) is 5.91. The van der Waals surface area contributed by atoms with Crippen molar-refractivity contribution in [2.75, 3.05) is 5.32 Å². The zero-order valence-corrected chi connectivity index (χ0v) is 15.9. The van der Waals surface area contributed by atoms with Crippen LogP contribution in [0.3, 0.4) is 0 Å². The van der Waals surface area contributed by atoms with E-state index < -0.39 is 28.3 Å². The first-order valence-corrected chi connectivity index (χ1v) is 9.34. The van der Waals surface area contributed by atoms with E-state index >= 15 is 0 Å². The number of carbonyl (C=O) groups excluding carboxylic acids is 2. The summed E-state index contributed by atoms with van der Waals surface area (Å²) in [5.74, 6) is -1.51. The first-order chi connectivity index (χ1) is 13.8. The van der Waals surface area contributed by atoms with Crippen LogP contribution in [0.25, 0.3) is 0 Å². The lowest BCUT2D eigenvalue weighted by molar-refractivity contribution is -0.384. The normalized spacial score (nSPS) is 16.1. The minimum absolute atomic E-state index is 0.159. The van der Waals surface area contributed by atoms with E-state index in [9.17, 15) is 24.1 Å². The number of non-ortho nitro benzene ring substituents is 1. The Labute approximate surface area is 167 Å². The van der Waals surface area contributed by atoms with Crippen LogP contribution < -0.4 is 5.32 Å². The number of hydrogen-bond acceptors (Lipinski definition) is 5. The van der Waals surface area contributed by atoms with Crippen molar-refractivity contribution < 1.29 is 23.6 Å². The third kappa shape index (κ3) is 4.42. The van der Waals surface area contributed by atoms with Crippen molar-refractivity contribution >= 4 is 23.3 Å². The molecule has 1 aliphatic carbocycles. The van der Waals surface area contributed by atoms with Crippen LogP contribution in [0.2, 0.25) is 0 Å². The summed E-state index contributed by atoms with van der Waals surface area (Å²) in [4.78, 5) is 35.7. The Bertz CT molecular complexity index is 923. The second-order valence-corrected chi connectivity index (χ2v) is 7.14. The fourth-order valence-corrected chi connectivity index (χ4v) is 3.63. The number of halogens is 1. The van der Waals surface area contributed by atoms with Crippen LogP contribution >= 0.6 is 0 Å². The molecule has 1 amide bonds. The molecule has 29 heavy (non-hydrogen) atoms. The van der Waals surface area contributed by atoms with Gasteiger partial charge in [-0.3, -0.25) is 19.7 Å². The maximum atomic E-state index is 13.3. The van der Waals surface area contributed by atoms with Gasteiger partial charge in [-0.15, -0.1) is 0 Å². The van der Waals surface area contributed by atoms with Gasteiger partial charge in [0, 0.05) is 17.8 Å². The molecule has 2 aromatic rings. The molecule has 3 rings (SSSR count). The number of ether oxygens (including phenoxy) is 1. The van der Waals surface area contributed by atoms with E-state index in [-0.39, 0.29) is 17.2 Å². The van der Waals surface area contributed by atoms with Gasteiger partial charge in [0.25, 0.3) is 11.6 Å². The maximum absolute atomic E-state index is 13.3. The van der Waals surface area contributed by atoms with Gasteiger partial charge in [-0.1, -0.05) is 31.0 Å². The molecule has 1 fully saturated rings. The number of benzene rings is 2. The van der Waals surface area contributed by atoms with E-state index in [0.29, 0.717) is 18.4 Å². The molecule has 2 aromatic carbocycles. The molecule has 152 valence electrons. The molecule has 8 heteroatoms. The number of rotatable bonds is 6. The Hall–Kier alpha value is -3.29. The number of nitrogens with zero attached hydrogens (tertiary/aromatic N) is 1. The lowest BCUT2D eigenvalue weighted by atomic mass is 9.79. The number of nitro benzene ring substituents is 1. The Morgan fingerprint density at radius 3 is 2.45 bits per heavy atom. The fraction of sp³-hybridized carbons (Fsp3) is 0.333. The SMILES string of the molecule is C[C@H](OC(=O)C1(c2ccc(F)cc2)CCCC1)C(=O)Nc1cccc([N+](=O)[O-])c1. The molecule has 0 aliphatic heterocycles. The van der Waals surface area contributed by atoms with Crippen LogP contribution in [0.5, 0.6) is 0 Å². The van der Waals surface area contributed by atoms with Crippen LogP contribution in [0, 0.1) is 15.9 Å². The lowest BCUT2D eigenvalue weighted by Crippen LogP contribution is -2.39. The van der Waals surface area contributed by atoms with Gasteiger partial charge in [-0.25, -0.2) is 4.39 Å². The van der Waals surface area contributed by atoms with Crippen molar-refractivity contribution in [2.45, 2.75) is 44.1 Å². The third-order valence-corrected chi connectivity index (χ3v) is 5.22. The molecule has 1 N–H and O–H groups in total. The number of anilines is 1. The fourth-order valence-electron chi connectivity index (χ4n) is 3.63. The van der Waals surface area contributed by atoms with Crippen LogP contribution in [0.4, 0.5) is 15.8 Å².